The van der Waals surface area contributed by atoms with E-state index in [9.17, 15) is 0 Å². The number of hydrogen-bond donors (Lipinski definition) is 1. The highest BCUT2D eigenvalue weighted by Gasteiger charge is 2.00. The molecule has 0 saturated carbocycles. The molecule has 0 spiro atoms. The Morgan fingerprint density at radius 1 is 1.06 bits per heavy atom. The average molecular weight is 234 g/mol. The topological polar surface area (TPSA) is 29.5 Å². The first-order valence-corrected chi connectivity index (χ1v) is 6.09. The molecular formula is C13H14O2S. The number of thiophene rings is 1. The lowest BCUT2D eigenvalue weighted by Gasteiger charge is -2.03. The Morgan fingerprint density at radius 3 is 2.38 bits per heavy atom. The Bertz CT molecular complexity index is 445. The van der Waals surface area contributed by atoms with E-state index >= 15 is 0 Å². The summed E-state index contributed by atoms with van der Waals surface area (Å²) in [6, 6.07) is 11.0. The van der Waals surface area contributed by atoms with Crippen LogP contribution in [-0.2, 0) is 13.0 Å². The van der Waals surface area contributed by atoms with Crippen LogP contribution >= 0.6 is 11.3 Å². The minimum absolute atomic E-state index is 0.261. The van der Waals surface area contributed by atoms with Gasteiger partial charge in [0, 0.05) is 9.75 Å². The summed E-state index contributed by atoms with van der Waals surface area (Å²) in [5.41, 5.74) is 0. The molecule has 0 unspecified atom stereocenters. The molecule has 0 aliphatic carbocycles. The zero-order valence-corrected chi connectivity index (χ0v) is 9.96. The monoisotopic (exact) mass is 234 g/mol. The largest absolute Gasteiger partial charge is 0.508 e. The standard InChI is InChI=1S/C13H14O2S/c1-2-12-7-8-13(16-12)9-15-11-5-3-10(14)4-6-11/h3-8,14H,2,9H2,1H3. The van der Waals surface area contributed by atoms with Crippen molar-refractivity contribution in [2.75, 3.05) is 0 Å². The maximum atomic E-state index is 9.12. The van der Waals surface area contributed by atoms with Gasteiger partial charge >= 0.3 is 0 Å². The molecule has 0 amide bonds. The third kappa shape index (κ3) is 2.76. The lowest BCUT2D eigenvalue weighted by Crippen LogP contribution is -1.91. The van der Waals surface area contributed by atoms with Crippen molar-refractivity contribution in [3.05, 3.63) is 46.2 Å². The Kier molecular flexibility index (Phi) is 3.47. The number of aryl methyl sites for hydroxylation is 1. The number of rotatable bonds is 4. The molecule has 2 nitrogen and oxygen atoms in total. The summed E-state index contributed by atoms with van der Waals surface area (Å²) in [7, 11) is 0. The van der Waals surface area contributed by atoms with Gasteiger partial charge in [-0.1, -0.05) is 6.92 Å². The number of aromatic hydroxyl groups is 1. The molecule has 3 heteroatoms. The molecule has 16 heavy (non-hydrogen) atoms. The van der Waals surface area contributed by atoms with Gasteiger partial charge in [0.25, 0.3) is 0 Å². The van der Waals surface area contributed by atoms with Crippen LogP contribution in [0.1, 0.15) is 16.7 Å². The smallest absolute Gasteiger partial charge is 0.122 e. The predicted molar refractivity (Wildman–Crippen MR) is 66.1 cm³/mol. The number of ether oxygens (including phenoxy) is 1. The Morgan fingerprint density at radius 2 is 1.75 bits per heavy atom. The summed E-state index contributed by atoms with van der Waals surface area (Å²) in [6.45, 7) is 2.74. The van der Waals surface area contributed by atoms with Crippen molar-refractivity contribution in [3.8, 4) is 11.5 Å². The van der Waals surface area contributed by atoms with Crippen LogP contribution in [0.4, 0.5) is 0 Å². The van der Waals surface area contributed by atoms with Crippen LogP contribution in [0.3, 0.4) is 0 Å². The van der Waals surface area contributed by atoms with E-state index in [4.69, 9.17) is 9.84 Å². The molecule has 1 heterocycles. The van der Waals surface area contributed by atoms with E-state index in [1.54, 1.807) is 35.6 Å². The van der Waals surface area contributed by atoms with E-state index in [1.165, 1.54) is 9.75 Å². The van der Waals surface area contributed by atoms with E-state index in [0.717, 1.165) is 12.2 Å². The Labute approximate surface area is 99.1 Å². The van der Waals surface area contributed by atoms with Crippen LogP contribution in [-0.4, -0.2) is 5.11 Å². The molecule has 84 valence electrons. The van der Waals surface area contributed by atoms with Gasteiger partial charge in [-0.15, -0.1) is 11.3 Å². The van der Waals surface area contributed by atoms with E-state index in [0.29, 0.717) is 6.61 Å². The van der Waals surface area contributed by atoms with Crippen molar-refractivity contribution in [3.63, 3.8) is 0 Å². The third-order valence-electron chi connectivity index (χ3n) is 2.28. The van der Waals surface area contributed by atoms with Gasteiger partial charge in [-0.2, -0.15) is 0 Å². The summed E-state index contributed by atoms with van der Waals surface area (Å²) in [6.07, 6.45) is 1.07. The number of phenols is 1. The van der Waals surface area contributed by atoms with Crippen LogP contribution in [0.15, 0.2) is 36.4 Å². The molecule has 0 radical (unpaired) electrons. The van der Waals surface area contributed by atoms with Gasteiger partial charge < -0.3 is 9.84 Å². The van der Waals surface area contributed by atoms with Gasteiger partial charge in [0.2, 0.25) is 0 Å². The SMILES string of the molecule is CCc1ccc(COc2ccc(O)cc2)s1. The molecule has 0 aliphatic rings. The fourth-order valence-corrected chi connectivity index (χ4v) is 2.26. The summed E-state index contributed by atoms with van der Waals surface area (Å²) >= 11 is 1.78. The zero-order chi connectivity index (χ0) is 11.4. The highest BCUT2D eigenvalue weighted by atomic mass is 32.1. The van der Waals surface area contributed by atoms with Gasteiger partial charge in [-0.3, -0.25) is 0 Å². The third-order valence-corrected chi connectivity index (χ3v) is 3.49. The van der Waals surface area contributed by atoms with Crippen LogP contribution < -0.4 is 4.74 Å². The van der Waals surface area contributed by atoms with Gasteiger partial charge in [0.15, 0.2) is 0 Å². The van der Waals surface area contributed by atoms with Crippen LogP contribution in [0.25, 0.3) is 0 Å². The minimum atomic E-state index is 0.261. The lowest BCUT2D eigenvalue weighted by molar-refractivity contribution is 0.309. The van der Waals surface area contributed by atoms with Crippen molar-refractivity contribution in [1.29, 1.82) is 0 Å². The molecule has 0 bridgehead atoms. The maximum absolute atomic E-state index is 9.12. The number of phenolic OH excluding ortho intramolecular Hbond substituents is 1. The molecule has 1 N–H and O–H groups in total. The Balaban J connectivity index is 1.94. The summed E-state index contributed by atoms with van der Waals surface area (Å²) in [5.74, 6) is 1.04. The molecule has 2 aromatic rings. The van der Waals surface area contributed by atoms with Crippen LogP contribution in [0.2, 0.25) is 0 Å². The molecular weight excluding hydrogens is 220 g/mol. The molecule has 0 fully saturated rings. The normalized spacial score (nSPS) is 10.3. The highest BCUT2D eigenvalue weighted by Crippen LogP contribution is 2.21. The molecule has 2 rings (SSSR count). The second-order valence-corrected chi connectivity index (χ2v) is 4.76. The second-order valence-electron chi connectivity index (χ2n) is 3.50. The fourth-order valence-electron chi connectivity index (χ4n) is 1.39. The average Bonchev–Trinajstić information content (AvgIpc) is 2.76. The van der Waals surface area contributed by atoms with Crippen molar-refractivity contribution in [2.45, 2.75) is 20.0 Å². The zero-order valence-electron chi connectivity index (χ0n) is 9.14. The van der Waals surface area contributed by atoms with Gasteiger partial charge in [0.1, 0.15) is 18.1 Å². The van der Waals surface area contributed by atoms with Gasteiger partial charge in [-0.25, -0.2) is 0 Å². The lowest BCUT2D eigenvalue weighted by atomic mass is 10.3. The summed E-state index contributed by atoms with van der Waals surface area (Å²) in [4.78, 5) is 2.61. The van der Waals surface area contributed by atoms with Crippen molar-refractivity contribution in [2.24, 2.45) is 0 Å². The van der Waals surface area contributed by atoms with Crippen molar-refractivity contribution >= 4 is 11.3 Å². The number of hydrogen-bond acceptors (Lipinski definition) is 3. The van der Waals surface area contributed by atoms with Gasteiger partial charge in [0.05, 0.1) is 0 Å². The Hall–Kier alpha value is -1.48. The van der Waals surface area contributed by atoms with Crippen LogP contribution in [0.5, 0.6) is 11.5 Å². The maximum Gasteiger partial charge on any atom is 0.122 e. The molecule has 0 aliphatic heterocycles. The summed E-state index contributed by atoms with van der Waals surface area (Å²) in [5, 5.41) is 9.12. The molecule has 0 atom stereocenters. The molecule has 0 saturated heterocycles. The predicted octanol–water partition coefficient (Wildman–Crippen LogP) is 3.60. The first-order chi connectivity index (χ1) is 7.78. The first-order valence-electron chi connectivity index (χ1n) is 5.27. The minimum Gasteiger partial charge on any atom is -0.508 e. The van der Waals surface area contributed by atoms with Crippen molar-refractivity contribution < 1.29 is 9.84 Å². The van der Waals surface area contributed by atoms with Crippen LogP contribution in [0, 0.1) is 0 Å². The fraction of sp³-hybridized carbons (Fsp3) is 0.231. The molecule has 1 aromatic heterocycles. The van der Waals surface area contributed by atoms with E-state index in [1.807, 2.05) is 0 Å². The van der Waals surface area contributed by atoms with Crippen molar-refractivity contribution in [1.82, 2.24) is 0 Å². The summed E-state index contributed by atoms with van der Waals surface area (Å²) < 4.78 is 5.60. The second kappa shape index (κ2) is 5.03. The number of benzene rings is 1. The van der Waals surface area contributed by atoms with E-state index in [2.05, 4.69) is 19.1 Å². The quantitative estimate of drug-likeness (QED) is 0.876. The van der Waals surface area contributed by atoms with E-state index in [-0.39, 0.29) is 5.75 Å². The van der Waals surface area contributed by atoms with E-state index < -0.39 is 0 Å². The first kappa shape index (κ1) is 11.0. The van der Waals surface area contributed by atoms with Gasteiger partial charge in [-0.05, 0) is 42.8 Å². The highest BCUT2D eigenvalue weighted by molar-refractivity contribution is 7.11. The molecule has 1 aromatic carbocycles.